The number of hydrogen-bond acceptors (Lipinski definition) is 3. The molecule has 1 saturated heterocycles. The first kappa shape index (κ1) is 17.0. The van der Waals surface area contributed by atoms with Crippen LogP contribution in [-0.2, 0) is 0 Å². The minimum atomic E-state index is -1.07. The highest BCUT2D eigenvalue weighted by molar-refractivity contribution is 5.67. The number of carbonyl (C=O) groups is 1. The molecule has 0 aromatic heterocycles. The third kappa shape index (κ3) is 3.36. The molecular formula is C16H19F2N3O2. The third-order valence-corrected chi connectivity index (χ3v) is 3.96. The molecule has 1 aromatic rings. The summed E-state index contributed by atoms with van der Waals surface area (Å²) in [6, 6.07) is 3.46. The Labute approximate surface area is 133 Å². The fourth-order valence-corrected chi connectivity index (χ4v) is 3.05. The lowest BCUT2D eigenvalue weighted by Crippen LogP contribution is -2.52. The standard InChI is InChI=1S/C16H19F2N3O2/c1-16(2,3)21(15(22)23)11-4-5-20(9-11)14-7-13(18)12(17)6-10(14)8-19/h6-7,11H,4-5,9H2,1-3H3,(H,22,23)/t11-/m0/s1. The number of nitrogens with zero attached hydrogens (tertiary/aromatic N) is 3. The Bertz CT molecular complexity index is 665. The second-order valence-electron chi connectivity index (χ2n) is 6.61. The van der Waals surface area contributed by atoms with E-state index >= 15 is 0 Å². The lowest BCUT2D eigenvalue weighted by molar-refractivity contribution is 0.0763. The molecule has 23 heavy (non-hydrogen) atoms. The van der Waals surface area contributed by atoms with Crippen molar-refractivity contribution in [2.75, 3.05) is 18.0 Å². The van der Waals surface area contributed by atoms with Gasteiger partial charge < -0.3 is 10.0 Å². The average molecular weight is 323 g/mol. The molecule has 0 saturated carbocycles. The molecule has 1 fully saturated rings. The first-order valence-electron chi connectivity index (χ1n) is 7.31. The van der Waals surface area contributed by atoms with Gasteiger partial charge in [0.1, 0.15) is 6.07 Å². The molecule has 0 spiro atoms. The van der Waals surface area contributed by atoms with Gasteiger partial charge in [-0.1, -0.05) is 0 Å². The minimum absolute atomic E-state index is 0.0437. The van der Waals surface area contributed by atoms with Crippen molar-refractivity contribution in [2.45, 2.75) is 38.8 Å². The molecule has 1 aliphatic heterocycles. The minimum Gasteiger partial charge on any atom is -0.465 e. The third-order valence-electron chi connectivity index (χ3n) is 3.96. The van der Waals surface area contributed by atoms with Crippen LogP contribution in [0.2, 0.25) is 0 Å². The van der Waals surface area contributed by atoms with E-state index in [0.29, 0.717) is 25.2 Å². The number of halogens is 2. The van der Waals surface area contributed by atoms with Gasteiger partial charge in [-0.2, -0.15) is 5.26 Å². The van der Waals surface area contributed by atoms with E-state index in [1.54, 1.807) is 4.90 Å². The highest BCUT2D eigenvalue weighted by Gasteiger charge is 2.37. The summed E-state index contributed by atoms with van der Waals surface area (Å²) in [6.07, 6.45) is -0.455. The van der Waals surface area contributed by atoms with Crippen LogP contribution in [-0.4, -0.2) is 40.8 Å². The predicted octanol–water partition coefficient (Wildman–Crippen LogP) is 3.19. The summed E-state index contributed by atoms with van der Waals surface area (Å²) < 4.78 is 26.8. The van der Waals surface area contributed by atoms with E-state index in [0.717, 1.165) is 12.1 Å². The molecule has 0 aliphatic carbocycles. The number of carboxylic acid groups (broad SMARTS) is 1. The Morgan fingerprint density at radius 2 is 2.00 bits per heavy atom. The number of rotatable bonds is 2. The molecule has 0 bridgehead atoms. The summed E-state index contributed by atoms with van der Waals surface area (Å²) in [6.45, 7) is 6.24. The molecule has 0 radical (unpaired) electrons. The number of anilines is 1. The molecule has 1 atom stereocenters. The lowest BCUT2D eigenvalue weighted by atomic mass is 10.0. The largest absolute Gasteiger partial charge is 0.465 e. The maximum Gasteiger partial charge on any atom is 0.408 e. The average Bonchev–Trinajstić information content (AvgIpc) is 2.88. The highest BCUT2D eigenvalue weighted by Crippen LogP contribution is 2.30. The van der Waals surface area contributed by atoms with E-state index in [4.69, 9.17) is 5.26 Å². The van der Waals surface area contributed by atoms with Crippen molar-refractivity contribution >= 4 is 11.8 Å². The van der Waals surface area contributed by atoms with Crippen molar-refractivity contribution in [3.05, 3.63) is 29.3 Å². The van der Waals surface area contributed by atoms with Crippen LogP contribution in [0, 0.1) is 23.0 Å². The van der Waals surface area contributed by atoms with Gasteiger partial charge in [-0.3, -0.25) is 4.90 Å². The SMILES string of the molecule is CC(C)(C)N(C(=O)O)[C@H]1CCN(c2cc(F)c(F)cc2C#N)C1. The van der Waals surface area contributed by atoms with Crippen LogP contribution < -0.4 is 4.90 Å². The molecule has 124 valence electrons. The van der Waals surface area contributed by atoms with Crippen molar-refractivity contribution in [1.82, 2.24) is 4.90 Å². The first-order chi connectivity index (χ1) is 10.6. The molecule has 5 nitrogen and oxygen atoms in total. The number of nitriles is 1. The van der Waals surface area contributed by atoms with E-state index in [1.165, 1.54) is 4.90 Å². The van der Waals surface area contributed by atoms with Gasteiger partial charge >= 0.3 is 6.09 Å². The van der Waals surface area contributed by atoms with Gasteiger partial charge in [-0.15, -0.1) is 0 Å². The fraction of sp³-hybridized carbons (Fsp3) is 0.500. The highest BCUT2D eigenvalue weighted by atomic mass is 19.2. The zero-order chi connectivity index (χ0) is 17.4. The van der Waals surface area contributed by atoms with Crippen LogP contribution in [0.1, 0.15) is 32.8 Å². The van der Waals surface area contributed by atoms with Crippen molar-refractivity contribution in [3.63, 3.8) is 0 Å². The van der Waals surface area contributed by atoms with E-state index < -0.39 is 23.3 Å². The topological polar surface area (TPSA) is 67.6 Å². The molecule has 1 heterocycles. The first-order valence-corrected chi connectivity index (χ1v) is 7.31. The Kier molecular flexibility index (Phi) is 4.46. The van der Waals surface area contributed by atoms with Gasteiger partial charge in [0.25, 0.3) is 0 Å². The van der Waals surface area contributed by atoms with E-state index in [1.807, 2.05) is 26.8 Å². The van der Waals surface area contributed by atoms with Gasteiger partial charge in [0, 0.05) is 24.7 Å². The molecule has 1 aromatic carbocycles. The summed E-state index contributed by atoms with van der Waals surface area (Å²) in [5, 5.41) is 18.6. The Morgan fingerprint density at radius 3 is 2.52 bits per heavy atom. The molecule has 1 amide bonds. The van der Waals surface area contributed by atoms with Gasteiger partial charge in [0.05, 0.1) is 17.3 Å². The van der Waals surface area contributed by atoms with Gasteiger partial charge in [0.15, 0.2) is 11.6 Å². The number of benzene rings is 1. The fourth-order valence-electron chi connectivity index (χ4n) is 3.05. The molecule has 7 heteroatoms. The normalized spacial score (nSPS) is 17.9. The van der Waals surface area contributed by atoms with Crippen molar-refractivity contribution in [2.24, 2.45) is 0 Å². The van der Waals surface area contributed by atoms with Gasteiger partial charge in [0.2, 0.25) is 0 Å². The summed E-state index contributed by atoms with van der Waals surface area (Å²) in [5.74, 6) is -2.09. The maximum atomic E-state index is 13.5. The van der Waals surface area contributed by atoms with Gasteiger partial charge in [-0.05, 0) is 33.3 Å². The smallest absolute Gasteiger partial charge is 0.408 e. The monoisotopic (exact) mass is 323 g/mol. The number of amides is 1. The predicted molar refractivity (Wildman–Crippen MR) is 81.3 cm³/mol. The molecule has 1 N–H and O–H groups in total. The van der Waals surface area contributed by atoms with E-state index in [-0.39, 0.29) is 11.6 Å². The Balaban J connectivity index is 2.29. The zero-order valence-electron chi connectivity index (χ0n) is 13.3. The van der Waals surface area contributed by atoms with Crippen molar-refractivity contribution < 1.29 is 18.7 Å². The summed E-state index contributed by atoms with van der Waals surface area (Å²) in [4.78, 5) is 14.6. The Morgan fingerprint density at radius 1 is 1.39 bits per heavy atom. The van der Waals surface area contributed by atoms with Crippen LogP contribution >= 0.6 is 0 Å². The van der Waals surface area contributed by atoms with E-state index in [2.05, 4.69) is 0 Å². The van der Waals surface area contributed by atoms with Gasteiger partial charge in [-0.25, -0.2) is 13.6 Å². The van der Waals surface area contributed by atoms with Crippen LogP contribution in [0.5, 0.6) is 0 Å². The number of hydrogen-bond donors (Lipinski definition) is 1. The summed E-state index contributed by atoms with van der Waals surface area (Å²) >= 11 is 0. The molecule has 2 rings (SSSR count). The quantitative estimate of drug-likeness (QED) is 0.907. The molecular weight excluding hydrogens is 304 g/mol. The second-order valence-corrected chi connectivity index (χ2v) is 6.61. The van der Waals surface area contributed by atoms with Crippen LogP contribution in [0.3, 0.4) is 0 Å². The lowest BCUT2D eigenvalue weighted by Gasteiger charge is -2.38. The van der Waals surface area contributed by atoms with Crippen LogP contribution in [0.4, 0.5) is 19.3 Å². The summed E-state index contributed by atoms with van der Waals surface area (Å²) in [7, 11) is 0. The van der Waals surface area contributed by atoms with Crippen molar-refractivity contribution in [1.29, 1.82) is 5.26 Å². The molecule has 0 unspecified atom stereocenters. The van der Waals surface area contributed by atoms with E-state index in [9.17, 15) is 18.7 Å². The Hall–Kier alpha value is -2.36. The maximum absolute atomic E-state index is 13.5. The zero-order valence-corrected chi connectivity index (χ0v) is 13.3. The summed E-state index contributed by atoms with van der Waals surface area (Å²) in [5.41, 5.74) is -0.228. The van der Waals surface area contributed by atoms with Crippen molar-refractivity contribution in [3.8, 4) is 6.07 Å². The second kappa shape index (κ2) is 6.03. The molecule has 1 aliphatic rings. The van der Waals surface area contributed by atoms with Crippen LogP contribution in [0.25, 0.3) is 0 Å². The van der Waals surface area contributed by atoms with Crippen LogP contribution in [0.15, 0.2) is 12.1 Å².